The van der Waals surface area contributed by atoms with Crippen molar-refractivity contribution in [3.63, 3.8) is 0 Å². The van der Waals surface area contributed by atoms with Gasteiger partial charge in [-0.1, -0.05) is 7.43 Å². The Bertz CT molecular complexity index is 129. The van der Waals surface area contributed by atoms with E-state index in [9.17, 15) is 0 Å². The summed E-state index contributed by atoms with van der Waals surface area (Å²) in [6.07, 6.45) is 0. The number of hydrogen-bond acceptors (Lipinski definition) is 3. The molecule has 0 radical (unpaired) electrons. The molecular formula is CH5MnO4. The normalized spacial score (nSPS) is 9.50. The first-order valence-electron chi connectivity index (χ1n) is 0.632. The van der Waals surface area contributed by atoms with Gasteiger partial charge in [-0.2, -0.15) is 0 Å². The van der Waals surface area contributed by atoms with E-state index in [1.807, 2.05) is 0 Å². The summed E-state index contributed by atoms with van der Waals surface area (Å²) in [5, 5.41) is 0. The van der Waals surface area contributed by atoms with Gasteiger partial charge in [0.05, 0.1) is 0 Å². The van der Waals surface area contributed by atoms with E-state index in [0.29, 0.717) is 0 Å². The molecule has 0 aliphatic carbocycles. The summed E-state index contributed by atoms with van der Waals surface area (Å²) in [5.41, 5.74) is 0. The second-order valence-corrected chi connectivity index (χ2v) is 1.63. The van der Waals surface area contributed by atoms with E-state index in [2.05, 4.69) is 0 Å². The third kappa shape index (κ3) is 2210. The van der Waals surface area contributed by atoms with Gasteiger partial charge in [-0.3, -0.25) is 0 Å². The Morgan fingerprint density at radius 2 is 1.17 bits per heavy atom. The van der Waals surface area contributed by atoms with E-state index in [1.54, 1.807) is 0 Å². The molecular weight excluding hydrogens is 131 g/mol. The van der Waals surface area contributed by atoms with Gasteiger partial charge in [-0.15, -0.1) is 0 Å². The van der Waals surface area contributed by atoms with E-state index in [-0.39, 0.29) is 7.43 Å². The third-order valence-corrected chi connectivity index (χ3v) is 0. The molecule has 0 fully saturated rings. The summed E-state index contributed by atoms with van der Waals surface area (Å²) >= 11 is -5.38. The molecule has 0 bridgehead atoms. The quantitative estimate of drug-likeness (QED) is 0.465. The van der Waals surface area contributed by atoms with Gasteiger partial charge in [-0.25, -0.2) is 0 Å². The van der Waals surface area contributed by atoms with Crippen LogP contribution >= 0.6 is 0 Å². The van der Waals surface area contributed by atoms with Crippen molar-refractivity contribution < 1.29 is 28.7 Å². The Morgan fingerprint density at radius 1 is 1.17 bits per heavy atom. The first kappa shape index (κ1) is 9.30. The molecule has 0 heterocycles. The minimum atomic E-state index is -5.38. The van der Waals surface area contributed by atoms with Crippen LogP contribution in [0.4, 0.5) is 0 Å². The summed E-state index contributed by atoms with van der Waals surface area (Å²) in [5.74, 6) is 0. The topological polar surface area (TPSA) is 71.4 Å². The van der Waals surface area contributed by atoms with Crippen LogP contribution in [0.15, 0.2) is 0 Å². The van der Waals surface area contributed by atoms with Gasteiger partial charge in [0.2, 0.25) is 0 Å². The monoisotopic (exact) mass is 136 g/mol. The summed E-state index contributed by atoms with van der Waals surface area (Å²) < 4.78 is 33.1. The van der Waals surface area contributed by atoms with Gasteiger partial charge in [0.25, 0.3) is 0 Å². The van der Waals surface area contributed by atoms with Crippen LogP contribution in [0, 0.1) is 0 Å². The molecule has 0 saturated heterocycles. The molecule has 0 rings (SSSR count). The van der Waals surface area contributed by atoms with Crippen molar-refractivity contribution in [2.24, 2.45) is 0 Å². The van der Waals surface area contributed by atoms with Crippen molar-refractivity contribution in [2.45, 2.75) is 7.43 Å². The number of hydrogen-bond donors (Lipinski definition) is 1. The molecule has 0 saturated carbocycles. The van der Waals surface area contributed by atoms with Crippen molar-refractivity contribution in [1.82, 2.24) is 0 Å². The van der Waals surface area contributed by atoms with Crippen molar-refractivity contribution in [2.75, 3.05) is 0 Å². The average Bonchev–Trinajstić information content (AvgIpc) is 0.722. The summed E-state index contributed by atoms with van der Waals surface area (Å²) in [6.45, 7) is 0. The standard InChI is InChI=1S/CH4.Mn.H2O.3O/h1H4;;1H2;;;/q;+1;;;;/p-1. The maximum atomic E-state index is 8.69. The average molecular weight is 136 g/mol. The van der Waals surface area contributed by atoms with Crippen LogP contribution in [0.25, 0.3) is 0 Å². The molecule has 0 unspecified atom stereocenters. The van der Waals surface area contributed by atoms with E-state index in [0.717, 1.165) is 0 Å². The van der Waals surface area contributed by atoms with Crippen LogP contribution in [0.5, 0.6) is 0 Å². The fraction of sp³-hybridized carbons (Fsp3) is 1.00. The molecule has 0 aliphatic rings. The molecule has 0 aromatic heterocycles. The Hall–Kier alpha value is -0.121. The van der Waals surface area contributed by atoms with Gasteiger partial charge < -0.3 is 0 Å². The fourth-order valence-electron chi connectivity index (χ4n) is 0. The van der Waals surface area contributed by atoms with Crippen LogP contribution in [0.3, 0.4) is 0 Å². The molecule has 0 aliphatic heterocycles. The zero-order chi connectivity index (χ0) is 4.50. The predicted octanol–water partition coefficient (Wildman–Crippen LogP) is -0.280. The van der Waals surface area contributed by atoms with E-state index < -0.39 is 13.0 Å². The molecule has 0 spiro atoms. The van der Waals surface area contributed by atoms with Crippen LogP contribution < -0.4 is 0 Å². The van der Waals surface area contributed by atoms with Crippen molar-refractivity contribution in [1.29, 1.82) is 0 Å². The first-order valence-corrected chi connectivity index (χ1v) is 2.61. The molecule has 40 valence electrons. The minimum absolute atomic E-state index is 0. The number of rotatable bonds is 0. The molecule has 6 heavy (non-hydrogen) atoms. The Balaban J connectivity index is 0. The summed E-state index contributed by atoms with van der Waals surface area (Å²) in [4.78, 5) is 0. The SMILES string of the molecule is C.[O]=[Mn](=[O])(=[O])[OH]. The Kier molecular flexibility index (Phi) is 3.29. The molecule has 4 nitrogen and oxygen atoms in total. The zero-order valence-corrected chi connectivity index (χ0v) is 3.23. The maximum absolute atomic E-state index is 8.69. The summed E-state index contributed by atoms with van der Waals surface area (Å²) in [6, 6.07) is 0. The third-order valence-electron chi connectivity index (χ3n) is 0. The Morgan fingerprint density at radius 3 is 1.17 bits per heavy atom. The van der Waals surface area contributed by atoms with Gasteiger partial charge in [-0.05, 0) is 0 Å². The molecule has 0 atom stereocenters. The molecule has 5 heteroatoms. The first-order chi connectivity index (χ1) is 2.00. The van der Waals surface area contributed by atoms with Crippen LogP contribution in [-0.4, -0.2) is 4.19 Å². The van der Waals surface area contributed by atoms with E-state index in [1.165, 1.54) is 0 Å². The fourth-order valence-corrected chi connectivity index (χ4v) is 0. The van der Waals surface area contributed by atoms with Crippen LogP contribution in [0.1, 0.15) is 7.43 Å². The Labute approximate surface area is 36.9 Å². The van der Waals surface area contributed by atoms with Crippen molar-refractivity contribution in [3.05, 3.63) is 0 Å². The predicted molar refractivity (Wildman–Crippen MR) is 11.0 cm³/mol. The summed E-state index contributed by atoms with van der Waals surface area (Å²) in [7, 11) is 0. The van der Waals surface area contributed by atoms with Gasteiger partial charge >= 0.3 is 28.7 Å². The van der Waals surface area contributed by atoms with Gasteiger partial charge in [0.1, 0.15) is 0 Å². The molecule has 1 N–H and O–H groups in total. The van der Waals surface area contributed by atoms with Crippen LogP contribution in [-0.2, 0) is 24.5 Å². The zero-order valence-electron chi connectivity index (χ0n) is 2.05. The van der Waals surface area contributed by atoms with Crippen LogP contribution in [0.2, 0.25) is 0 Å². The van der Waals surface area contributed by atoms with E-state index >= 15 is 0 Å². The molecule has 0 aromatic carbocycles. The van der Waals surface area contributed by atoms with Crippen molar-refractivity contribution >= 4 is 0 Å². The molecule has 0 aromatic rings. The van der Waals surface area contributed by atoms with E-state index in [4.69, 9.17) is 15.7 Å². The van der Waals surface area contributed by atoms with Gasteiger partial charge in [0, 0.05) is 0 Å². The second kappa shape index (κ2) is 2.12. The molecule has 0 amide bonds. The van der Waals surface area contributed by atoms with Crippen molar-refractivity contribution in [3.8, 4) is 0 Å². The second-order valence-electron chi connectivity index (χ2n) is 0.396. The van der Waals surface area contributed by atoms with Gasteiger partial charge in [0.15, 0.2) is 0 Å².